The van der Waals surface area contributed by atoms with Crippen molar-refractivity contribution < 1.29 is 9.47 Å². The largest absolute Gasteiger partial charge is 0.493 e. The predicted molar refractivity (Wildman–Crippen MR) is 82.4 cm³/mol. The topological polar surface area (TPSA) is 30.5 Å². The van der Waals surface area contributed by atoms with Gasteiger partial charge in [0.05, 0.1) is 13.2 Å². The van der Waals surface area contributed by atoms with Crippen LogP contribution in [0.4, 0.5) is 0 Å². The van der Waals surface area contributed by atoms with Crippen LogP contribution in [0, 0.1) is 5.92 Å². The average Bonchev–Trinajstić information content (AvgIpc) is 2.49. The van der Waals surface area contributed by atoms with Crippen molar-refractivity contribution >= 4 is 0 Å². The molecule has 1 aromatic carbocycles. The summed E-state index contributed by atoms with van der Waals surface area (Å²) < 4.78 is 11.6. The number of ether oxygens (including phenoxy) is 2. The summed E-state index contributed by atoms with van der Waals surface area (Å²) in [6.07, 6.45) is 6.56. The van der Waals surface area contributed by atoms with Crippen LogP contribution < -0.4 is 14.8 Å². The molecule has 2 rings (SSSR count). The SMILES string of the molecule is CCC1CCC(Oc2cc(CNC)ccc2OC)CC1. The lowest BCUT2D eigenvalue weighted by atomic mass is 9.86. The van der Waals surface area contributed by atoms with Crippen molar-refractivity contribution in [1.29, 1.82) is 0 Å². The van der Waals surface area contributed by atoms with Crippen LogP contribution in [0.25, 0.3) is 0 Å². The van der Waals surface area contributed by atoms with E-state index in [1.54, 1.807) is 7.11 Å². The van der Waals surface area contributed by atoms with Gasteiger partial charge in [-0.05, 0) is 56.3 Å². The Bertz CT molecular complexity index is 411. The molecule has 112 valence electrons. The number of nitrogens with one attached hydrogen (secondary N) is 1. The first kappa shape index (κ1) is 15.2. The molecule has 1 fully saturated rings. The summed E-state index contributed by atoms with van der Waals surface area (Å²) in [6.45, 7) is 3.14. The van der Waals surface area contributed by atoms with Gasteiger partial charge in [0.15, 0.2) is 11.5 Å². The summed E-state index contributed by atoms with van der Waals surface area (Å²) in [5.41, 5.74) is 1.23. The van der Waals surface area contributed by atoms with Crippen LogP contribution >= 0.6 is 0 Å². The average molecular weight is 277 g/mol. The Morgan fingerprint density at radius 2 is 1.90 bits per heavy atom. The minimum absolute atomic E-state index is 0.344. The second-order valence-corrected chi connectivity index (χ2v) is 5.68. The third kappa shape index (κ3) is 3.89. The third-order valence-electron chi connectivity index (χ3n) is 4.27. The first-order valence-electron chi connectivity index (χ1n) is 7.75. The molecule has 3 heteroatoms. The molecule has 0 atom stereocenters. The van der Waals surface area contributed by atoms with E-state index >= 15 is 0 Å². The Morgan fingerprint density at radius 1 is 1.15 bits per heavy atom. The zero-order valence-electron chi connectivity index (χ0n) is 12.9. The molecule has 1 aliphatic rings. The number of hydrogen-bond donors (Lipinski definition) is 1. The number of rotatable bonds is 6. The quantitative estimate of drug-likeness (QED) is 0.858. The van der Waals surface area contributed by atoms with Crippen LogP contribution in [0.15, 0.2) is 18.2 Å². The maximum atomic E-state index is 6.20. The second-order valence-electron chi connectivity index (χ2n) is 5.68. The molecule has 0 unspecified atom stereocenters. The Hall–Kier alpha value is -1.22. The van der Waals surface area contributed by atoms with Crippen molar-refractivity contribution in [2.24, 2.45) is 5.92 Å². The van der Waals surface area contributed by atoms with Crippen molar-refractivity contribution in [3.8, 4) is 11.5 Å². The van der Waals surface area contributed by atoms with Gasteiger partial charge in [0.2, 0.25) is 0 Å². The highest BCUT2D eigenvalue weighted by molar-refractivity contribution is 5.43. The van der Waals surface area contributed by atoms with Gasteiger partial charge in [-0.15, -0.1) is 0 Å². The van der Waals surface area contributed by atoms with Gasteiger partial charge in [0.1, 0.15) is 0 Å². The molecular weight excluding hydrogens is 250 g/mol. The molecule has 0 spiro atoms. The molecule has 0 heterocycles. The lowest BCUT2D eigenvalue weighted by molar-refractivity contribution is 0.126. The first-order valence-corrected chi connectivity index (χ1v) is 7.75. The van der Waals surface area contributed by atoms with Crippen LogP contribution in [0.1, 0.15) is 44.6 Å². The first-order chi connectivity index (χ1) is 9.76. The molecule has 0 saturated heterocycles. The number of benzene rings is 1. The minimum Gasteiger partial charge on any atom is -0.493 e. The van der Waals surface area contributed by atoms with Crippen molar-refractivity contribution in [3.63, 3.8) is 0 Å². The zero-order chi connectivity index (χ0) is 14.4. The van der Waals surface area contributed by atoms with E-state index in [-0.39, 0.29) is 0 Å². The number of hydrogen-bond acceptors (Lipinski definition) is 3. The smallest absolute Gasteiger partial charge is 0.161 e. The summed E-state index contributed by atoms with van der Waals surface area (Å²) in [7, 11) is 3.66. The van der Waals surface area contributed by atoms with E-state index in [0.29, 0.717) is 6.10 Å². The van der Waals surface area contributed by atoms with Crippen molar-refractivity contribution in [2.45, 2.75) is 51.7 Å². The molecule has 0 amide bonds. The monoisotopic (exact) mass is 277 g/mol. The normalized spacial score (nSPS) is 22.6. The summed E-state index contributed by atoms with van der Waals surface area (Å²) in [6, 6.07) is 6.18. The van der Waals surface area contributed by atoms with Gasteiger partial charge in [0.25, 0.3) is 0 Å². The van der Waals surface area contributed by atoms with Gasteiger partial charge >= 0.3 is 0 Å². The van der Waals surface area contributed by atoms with Gasteiger partial charge in [-0.1, -0.05) is 19.4 Å². The molecule has 1 saturated carbocycles. The fourth-order valence-electron chi connectivity index (χ4n) is 2.96. The molecule has 0 aromatic heterocycles. The summed E-state index contributed by atoms with van der Waals surface area (Å²) in [5.74, 6) is 2.62. The minimum atomic E-state index is 0.344. The molecule has 1 N–H and O–H groups in total. The van der Waals surface area contributed by atoms with Gasteiger partial charge in [-0.2, -0.15) is 0 Å². The van der Waals surface area contributed by atoms with Gasteiger partial charge in [-0.3, -0.25) is 0 Å². The van der Waals surface area contributed by atoms with E-state index in [2.05, 4.69) is 24.4 Å². The Labute approximate surface area is 122 Å². The Morgan fingerprint density at radius 3 is 2.50 bits per heavy atom. The predicted octanol–water partition coefficient (Wildman–Crippen LogP) is 3.76. The van der Waals surface area contributed by atoms with Crippen molar-refractivity contribution in [3.05, 3.63) is 23.8 Å². The van der Waals surface area contributed by atoms with Crippen LogP contribution in [0.2, 0.25) is 0 Å². The van der Waals surface area contributed by atoms with Gasteiger partial charge in [0, 0.05) is 6.54 Å². The highest BCUT2D eigenvalue weighted by Gasteiger charge is 2.22. The molecule has 20 heavy (non-hydrogen) atoms. The molecule has 3 nitrogen and oxygen atoms in total. The second kappa shape index (κ2) is 7.53. The van der Waals surface area contributed by atoms with E-state index in [4.69, 9.17) is 9.47 Å². The van der Waals surface area contributed by atoms with Crippen molar-refractivity contribution in [1.82, 2.24) is 5.32 Å². The lowest BCUT2D eigenvalue weighted by Gasteiger charge is -2.29. The van der Waals surface area contributed by atoms with Gasteiger partial charge < -0.3 is 14.8 Å². The molecule has 1 aliphatic carbocycles. The fourth-order valence-corrected chi connectivity index (χ4v) is 2.96. The van der Waals surface area contributed by atoms with E-state index in [1.807, 2.05) is 13.1 Å². The van der Waals surface area contributed by atoms with Gasteiger partial charge in [-0.25, -0.2) is 0 Å². The maximum Gasteiger partial charge on any atom is 0.161 e. The van der Waals surface area contributed by atoms with Crippen LogP contribution in [-0.4, -0.2) is 20.3 Å². The molecule has 1 aromatic rings. The molecule has 0 bridgehead atoms. The lowest BCUT2D eigenvalue weighted by Crippen LogP contribution is -2.24. The summed E-state index contributed by atoms with van der Waals surface area (Å²) >= 11 is 0. The Balaban J connectivity index is 2.02. The van der Waals surface area contributed by atoms with E-state index < -0.39 is 0 Å². The molecular formula is C17H27NO2. The summed E-state index contributed by atoms with van der Waals surface area (Å²) in [5, 5.41) is 3.17. The van der Waals surface area contributed by atoms with E-state index in [0.717, 1.165) is 36.8 Å². The maximum absolute atomic E-state index is 6.20. The highest BCUT2D eigenvalue weighted by Crippen LogP contribution is 2.34. The fraction of sp³-hybridized carbons (Fsp3) is 0.647. The van der Waals surface area contributed by atoms with Crippen molar-refractivity contribution in [2.75, 3.05) is 14.2 Å². The van der Waals surface area contributed by atoms with E-state index in [9.17, 15) is 0 Å². The van der Waals surface area contributed by atoms with Crippen LogP contribution in [0.3, 0.4) is 0 Å². The van der Waals surface area contributed by atoms with E-state index in [1.165, 1.54) is 24.8 Å². The number of methoxy groups -OCH3 is 1. The summed E-state index contributed by atoms with van der Waals surface area (Å²) in [4.78, 5) is 0. The van der Waals surface area contributed by atoms with Crippen LogP contribution in [-0.2, 0) is 6.54 Å². The third-order valence-corrected chi connectivity index (χ3v) is 4.27. The Kier molecular flexibility index (Phi) is 5.72. The molecule has 0 radical (unpaired) electrons. The highest BCUT2D eigenvalue weighted by atomic mass is 16.5. The molecule has 0 aliphatic heterocycles. The zero-order valence-corrected chi connectivity index (χ0v) is 12.9. The van der Waals surface area contributed by atoms with Crippen LogP contribution in [0.5, 0.6) is 11.5 Å². The standard InChI is InChI=1S/C17H27NO2/c1-4-13-5-8-15(9-6-13)20-17-11-14(12-18-2)7-10-16(17)19-3/h7,10-11,13,15,18H,4-6,8-9,12H2,1-3H3.